The zero-order valence-corrected chi connectivity index (χ0v) is 10.7. The van der Waals surface area contributed by atoms with Crippen molar-refractivity contribution in [1.82, 2.24) is 9.78 Å². The van der Waals surface area contributed by atoms with Crippen molar-refractivity contribution in [2.24, 2.45) is 7.05 Å². The van der Waals surface area contributed by atoms with Crippen LogP contribution in [-0.2, 0) is 13.5 Å². The molecular formula is C12H22N4. The molecule has 1 unspecified atom stereocenters. The van der Waals surface area contributed by atoms with Gasteiger partial charge in [0.05, 0.1) is 11.2 Å². The summed E-state index contributed by atoms with van der Waals surface area (Å²) in [5.41, 5.74) is 2.53. The van der Waals surface area contributed by atoms with Crippen LogP contribution in [-0.4, -0.2) is 21.9 Å². The Hall–Kier alpha value is -1.19. The molecule has 0 radical (unpaired) electrons. The van der Waals surface area contributed by atoms with Crippen LogP contribution < -0.4 is 10.6 Å². The summed E-state index contributed by atoms with van der Waals surface area (Å²) in [6, 6.07) is 0. The molecule has 1 aliphatic rings. The van der Waals surface area contributed by atoms with E-state index in [9.17, 15) is 0 Å². The van der Waals surface area contributed by atoms with Gasteiger partial charge in [-0.15, -0.1) is 0 Å². The lowest BCUT2D eigenvalue weighted by Gasteiger charge is -2.36. The SMILES string of the molecule is CCCc1nn(C)c2c1NCC(C)(CC)N2. The molecule has 1 atom stereocenters. The number of nitrogens with zero attached hydrogens (tertiary/aromatic N) is 2. The summed E-state index contributed by atoms with van der Waals surface area (Å²) in [6.45, 7) is 7.62. The van der Waals surface area contributed by atoms with Gasteiger partial charge in [-0.2, -0.15) is 5.10 Å². The standard InChI is InChI=1S/C12H22N4/c1-5-7-9-10-11(16(4)15-9)14-12(3,6-2)8-13-10/h13-14H,5-8H2,1-4H3. The lowest BCUT2D eigenvalue weighted by atomic mass is 9.96. The summed E-state index contributed by atoms with van der Waals surface area (Å²) in [5.74, 6) is 1.14. The van der Waals surface area contributed by atoms with Crippen LogP contribution in [0.2, 0.25) is 0 Å². The summed E-state index contributed by atoms with van der Waals surface area (Å²) < 4.78 is 1.96. The van der Waals surface area contributed by atoms with Gasteiger partial charge in [0, 0.05) is 13.6 Å². The van der Waals surface area contributed by atoms with E-state index in [-0.39, 0.29) is 5.54 Å². The van der Waals surface area contributed by atoms with Gasteiger partial charge in [0.2, 0.25) is 0 Å². The van der Waals surface area contributed by atoms with E-state index in [0.717, 1.165) is 31.6 Å². The van der Waals surface area contributed by atoms with E-state index in [1.165, 1.54) is 11.4 Å². The highest BCUT2D eigenvalue weighted by molar-refractivity contribution is 5.71. The molecule has 16 heavy (non-hydrogen) atoms. The van der Waals surface area contributed by atoms with Gasteiger partial charge in [0.25, 0.3) is 0 Å². The first-order chi connectivity index (χ1) is 7.59. The highest BCUT2D eigenvalue weighted by Gasteiger charge is 2.30. The first-order valence-corrected chi connectivity index (χ1v) is 6.17. The van der Waals surface area contributed by atoms with Gasteiger partial charge in [0.15, 0.2) is 0 Å². The zero-order valence-electron chi connectivity index (χ0n) is 10.7. The first-order valence-electron chi connectivity index (χ1n) is 6.17. The van der Waals surface area contributed by atoms with E-state index >= 15 is 0 Å². The maximum absolute atomic E-state index is 4.57. The molecule has 2 heterocycles. The van der Waals surface area contributed by atoms with Gasteiger partial charge in [0.1, 0.15) is 11.5 Å². The van der Waals surface area contributed by atoms with Gasteiger partial charge in [-0.05, 0) is 19.8 Å². The van der Waals surface area contributed by atoms with Crippen LogP contribution >= 0.6 is 0 Å². The fourth-order valence-corrected chi connectivity index (χ4v) is 2.15. The molecule has 1 aromatic heterocycles. The molecule has 0 spiro atoms. The second-order valence-corrected chi connectivity index (χ2v) is 4.94. The van der Waals surface area contributed by atoms with Crippen LogP contribution in [0.15, 0.2) is 0 Å². The maximum atomic E-state index is 4.57. The van der Waals surface area contributed by atoms with Crippen molar-refractivity contribution in [3.8, 4) is 0 Å². The topological polar surface area (TPSA) is 41.9 Å². The average Bonchev–Trinajstić information content (AvgIpc) is 2.56. The highest BCUT2D eigenvalue weighted by atomic mass is 15.4. The minimum Gasteiger partial charge on any atom is -0.378 e. The Labute approximate surface area is 97.4 Å². The number of aromatic nitrogens is 2. The van der Waals surface area contributed by atoms with Crippen molar-refractivity contribution in [2.45, 2.75) is 45.6 Å². The summed E-state index contributed by atoms with van der Waals surface area (Å²) in [5, 5.41) is 11.7. The molecule has 0 aliphatic carbocycles. The molecule has 0 aromatic carbocycles. The molecule has 0 amide bonds. The number of anilines is 2. The van der Waals surface area contributed by atoms with E-state index in [1.807, 2.05) is 11.7 Å². The first kappa shape index (κ1) is 11.3. The van der Waals surface area contributed by atoms with Crippen LogP contribution in [0.3, 0.4) is 0 Å². The van der Waals surface area contributed by atoms with Crippen molar-refractivity contribution in [3.05, 3.63) is 5.69 Å². The van der Waals surface area contributed by atoms with E-state index in [4.69, 9.17) is 0 Å². The van der Waals surface area contributed by atoms with Crippen LogP contribution in [0, 0.1) is 0 Å². The molecule has 90 valence electrons. The monoisotopic (exact) mass is 222 g/mol. The Kier molecular flexibility index (Phi) is 2.82. The fourth-order valence-electron chi connectivity index (χ4n) is 2.15. The van der Waals surface area contributed by atoms with Crippen LogP contribution in [0.5, 0.6) is 0 Å². The smallest absolute Gasteiger partial charge is 0.148 e. The number of fused-ring (bicyclic) bond motifs is 1. The predicted molar refractivity (Wildman–Crippen MR) is 68.0 cm³/mol. The molecule has 2 rings (SSSR count). The zero-order chi connectivity index (χ0) is 11.8. The number of nitrogens with one attached hydrogen (secondary N) is 2. The summed E-state index contributed by atoms with van der Waals surface area (Å²) in [7, 11) is 2.01. The molecule has 1 aromatic rings. The van der Waals surface area contributed by atoms with Crippen LogP contribution in [0.25, 0.3) is 0 Å². The van der Waals surface area contributed by atoms with Gasteiger partial charge >= 0.3 is 0 Å². The molecule has 0 bridgehead atoms. The molecule has 0 saturated carbocycles. The second-order valence-electron chi connectivity index (χ2n) is 4.94. The second kappa shape index (κ2) is 4.00. The Bertz CT molecular complexity index is 383. The van der Waals surface area contributed by atoms with E-state index in [2.05, 4.69) is 36.5 Å². The lowest BCUT2D eigenvalue weighted by Crippen LogP contribution is -2.45. The Morgan fingerprint density at radius 2 is 2.19 bits per heavy atom. The molecule has 0 saturated heterocycles. The average molecular weight is 222 g/mol. The van der Waals surface area contributed by atoms with Crippen molar-refractivity contribution < 1.29 is 0 Å². The Morgan fingerprint density at radius 3 is 2.81 bits per heavy atom. The third-order valence-electron chi connectivity index (χ3n) is 3.46. The van der Waals surface area contributed by atoms with Crippen LogP contribution in [0.1, 0.15) is 39.3 Å². The summed E-state index contributed by atoms with van der Waals surface area (Å²) in [6.07, 6.45) is 3.28. The molecule has 0 fully saturated rings. The number of hydrogen-bond acceptors (Lipinski definition) is 3. The minimum atomic E-state index is 0.143. The lowest BCUT2D eigenvalue weighted by molar-refractivity contribution is 0.506. The quantitative estimate of drug-likeness (QED) is 0.825. The molecule has 4 heteroatoms. The highest BCUT2D eigenvalue weighted by Crippen LogP contribution is 2.34. The van der Waals surface area contributed by atoms with Crippen molar-refractivity contribution in [3.63, 3.8) is 0 Å². The van der Waals surface area contributed by atoms with Crippen LogP contribution in [0.4, 0.5) is 11.5 Å². The van der Waals surface area contributed by atoms with E-state index < -0.39 is 0 Å². The van der Waals surface area contributed by atoms with Crippen molar-refractivity contribution in [2.75, 3.05) is 17.2 Å². The van der Waals surface area contributed by atoms with Crippen molar-refractivity contribution in [1.29, 1.82) is 0 Å². The minimum absolute atomic E-state index is 0.143. The predicted octanol–water partition coefficient (Wildman–Crippen LogP) is 2.38. The Morgan fingerprint density at radius 1 is 1.44 bits per heavy atom. The normalized spacial score (nSPS) is 23.5. The fraction of sp³-hybridized carbons (Fsp3) is 0.750. The largest absolute Gasteiger partial charge is 0.378 e. The third-order valence-corrected chi connectivity index (χ3v) is 3.46. The summed E-state index contributed by atoms with van der Waals surface area (Å²) in [4.78, 5) is 0. The van der Waals surface area contributed by atoms with Gasteiger partial charge < -0.3 is 10.6 Å². The van der Waals surface area contributed by atoms with E-state index in [0.29, 0.717) is 0 Å². The molecule has 1 aliphatic heterocycles. The molecule has 4 nitrogen and oxygen atoms in total. The molecular weight excluding hydrogens is 200 g/mol. The maximum Gasteiger partial charge on any atom is 0.148 e. The van der Waals surface area contributed by atoms with Gasteiger partial charge in [-0.25, -0.2) is 0 Å². The summed E-state index contributed by atoms with van der Waals surface area (Å²) >= 11 is 0. The molecule has 2 N–H and O–H groups in total. The third kappa shape index (κ3) is 1.77. The number of rotatable bonds is 3. The van der Waals surface area contributed by atoms with E-state index in [1.54, 1.807) is 0 Å². The number of aryl methyl sites for hydroxylation is 2. The van der Waals surface area contributed by atoms with Crippen molar-refractivity contribution >= 4 is 11.5 Å². The van der Waals surface area contributed by atoms with Gasteiger partial charge in [-0.1, -0.05) is 20.3 Å². The van der Waals surface area contributed by atoms with Gasteiger partial charge in [-0.3, -0.25) is 4.68 Å². The Balaban J connectivity index is 2.32. The number of hydrogen-bond donors (Lipinski definition) is 2.